The minimum atomic E-state index is -1.33. The highest BCUT2D eigenvalue weighted by atomic mass is 35.5. The van der Waals surface area contributed by atoms with Crippen molar-refractivity contribution in [2.45, 2.75) is 63.6 Å². The van der Waals surface area contributed by atoms with Crippen molar-refractivity contribution in [3.05, 3.63) is 69.0 Å². The van der Waals surface area contributed by atoms with Crippen LogP contribution in [0.3, 0.4) is 0 Å². The maximum atomic E-state index is 15.2. The fourth-order valence-electron chi connectivity index (χ4n) is 6.47. The molecule has 2 aromatic rings. The van der Waals surface area contributed by atoms with Crippen LogP contribution in [0.1, 0.15) is 77.8 Å². The number of halogens is 3. The molecule has 39 heavy (non-hydrogen) atoms. The lowest BCUT2D eigenvalue weighted by Gasteiger charge is -2.36. The molecule has 4 amide bonds. The molecule has 2 fully saturated rings. The third-order valence-corrected chi connectivity index (χ3v) is 9.28. The number of amides is 4. The van der Waals surface area contributed by atoms with Crippen LogP contribution < -0.4 is 10.6 Å². The summed E-state index contributed by atoms with van der Waals surface area (Å²) in [6.45, 7) is 1.98. The minimum Gasteiger partial charge on any atom is -0.465 e. The van der Waals surface area contributed by atoms with Gasteiger partial charge in [-0.2, -0.15) is 0 Å². The van der Waals surface area contributed by atoms with E-state index in [9.17, 15) is 24.3 Å². The molecule has 2 aliphatic carbocycles. The molecular weight excluding hydrogens is 548 g/mol. The Hall–Kier alpha value is -3.17. The van der Waals surface area contributed by atoms with Crippen molar-refractivity contribution in [3.63, 3.8) is 0 Å². The first-order valence-electron chi connectivity index (χ1n) is 12.9. The Morgan fingerprint density at radius 2 is 1.67 bits per heavy atom. The molecule has 206 valence electrons. The van der Waals surface area contributed by atoms with Crippen LogP contribution in [0.4, 0.5) is 9.18 Å². The Kier molecular flexibility index (Phi) is 7.33. The van der Waals surface area contributed by atoms with Crippen molar-refractivity contribution in [2.24, 2.45) is 11.3 Å². The van der Waals surface area contributed by atoms with Crippen LogP contribution >= 0.6 is 23.2 Å². The zero-order valence-electron chi connectivity index (χ0n) is 21.2. The zero-order chi connectivity index (χ0) is 28.1. The number of hydrogen-bond acceptors (Lipinski definition) is 4. The summed E-state index contributed by atoms with van der Waals surface area (Å²) >= 11 is 12.7. The number of rotatable bonds is 6. The molecule has 5 rings (SSSR count). The van der Waals surface area contributed by atoms with Gasteiger partial charge in [0.1, 0.15) is 5.82 Å². The third kappa shape index (κ3) is 4.87. The van der Waals surface area contributed by atoms with Crippen LogP contribution in [-0.2, 0) is 4.79 Å². The Morgan fingerprint density at radius 3 is 2.26 bits per heavy atom. The number of carbonyl (C=O) groups excluding carboxylic acids is 3. The molecule has 3 N–H and O–H groups in total. The van der Waals surface area contributed by atoms with Crippen LogP contribution in [0.25, 0.3) is 0 Å². The minimum absolute atomic E-state index is 0.0378. The fraction of sp³-hybridized carbons (Fsp3) is 0.429. The first kappa shape index (κ1) is 27.4. The van der Waals surface area contributed by atoms with Crippen molar-refractivity contribution >= 4 is 47.0 Å². The van der Waals surface area contributed by atoms with E-state index in [0.29, 0.717) is 0 Å². The van der Waals surface area contributed by atoms with Crippen LogP contribution in [0, 0.1) is 17.2 Å². The molecule has 0 spiro atoms. The lowest BCUT2D eigenvalue weighted by atomic mass is 9.76. The maximum absolute atomic E-state index is 15.2. The Labute approximate surface area is 234 Å². The van der Waals surface area contributed by atoms with Gasteiger partial charge in [-0.1, -0.05) is 55.1 Å². The van der Waals surface area contributed by atoms with E-state index in [2.05, 4.69) is 10.6 Å². The molecule has 11 heteroatoms. The fourth-order valence-corrected chi connectivity index (χ4v) is 6.90. The largest absolute Gasteiger partial charge is 0.465 e. The molecule has 4 atom stereocenters. The van der Waals surface area contributed by atoms with Gasteiger partial charge in [0.25, 0.3) is 11.8 Å². The molecule has 1 aliphatic heterocycles. The van der Waals surface area contributed by atoms with Gasteiger partial charge < -0.3 is 15.7 Å². The summed E-state index contributed by atoms with van der Waals surface area (Å²) in [6.07, 6.45) is 2.10. The van der Waals surface area contributed by atoms with Crippen LogP contribution in [-0.4, -0.2) is 45.9 Å². The van der Waals surface area contributed by atoms with Gasteiger partial charge in [-0.05, 0) is 55.4 Å². The second-order valence-corrected chi connectivity index (χ2v) is 11.7. The SMILES string of the molecule is CC1(C(NC(=O)C2C[C@@H](NC(=O)O)[C@@H](N3C(=O)c4ccccc4C3=O)C2)c2c(F)ccc(Cl)c2Cl)CCCC1. The normalized spacial score (nSPS) is 24.5. The molecule has 0 saturated heterocycles. The number of fused-ring (bicyclic) bond motifs is 1. The van der Waals surface area contributed by atoms with E-state index in [0.717, 1.165) is 30.6 Å². The van der Waals surface area contributed by atoms with Crippen molar-refractivity contribution < 1.29 is 28.7 Å². The second kappa shape index (κ2) is 10.4. The zero-order valence-corrected chi connectivity index (χ0v) is 22.7. The number of nitrogens with zero attached hydrogens (tertiary/aromatic N) is 1. The summed E-state index contributed by atoms with van der Waals surface area (Å²) in [4.78, 5) is 52.7. The summed E-state index contributed by atoms with van der Waals surface area (Å²) in [6, 6.07) is 6.48. The molecule has 3 aliphatic rings. The van der Waals surface area contributed by atoms with Crippen molar-refractivity contribution in [2.75, 3.05) is 0 Å². The first-order valence-corrected chi connectivity index (χ1v) is 13.7. The van der Waals surface area contributed by atoms with Gasteiger partial charge in [0.05, 0.1) is 39.3 Å². The summed E-state index contributed by atoms with van der Waals surface area (Å²) in [5.41, 5.74) is 0.121. The van der Waals surface area contributed by atoms with Crippen molar-refractivity contribution in [3.8, 4) is 0 Å². The van der Waals surface area contributed by atoms with Gasteiger partial charge in [0, 0.05) is 11.5 Å². The van der Waals surface area contributed by atoms with Gasteiger partial charge in [-0.15, -0.1) is 0 Å². The highest BCUT2D eigenvalue weighted by Gasteiger charge is 2.50. The molecule has 2 saturated carbocycles. The van der Waals surface area contributed by atoms with Gasteiger partial charge >= 0.3 is 6.09 Å². The van der Waals surface area contributed by atoms with E-state index >= 15 is 4.39 Å². The van der Waals surface area contributed by atoms with Gasteiger partial charge in [-0.25, -0.2) is 9.18 Å². The summed E-state index contributed by atoms with van der Waals surface area (Å²) in [7, 11) is 0. The van der Waals surface area contributed by atoms with Crippen molar-refractivity contribution in [1.29, 1.82) is 0 Å². The van der Waals surface area contributed by atoms with E-state index in [1.54, 1.807) is 24.3 Å². The summed E-state index contributed by atoms with van der Waals surface area (Å²) < 4.78 is 15.2. The van der Waals surface area contributed by atoms with E-state index in [1.807, 2.05) is 6.92 Å². The number of carbonyl (C=O) groups is 4. The van der Waals surface area contributed by atoms with E-state index < -0.39 is 59.1 Å². The van der Waals surface area contributed by atoms with Crippen molar-refractivity contribution in [1.82, 2.24) is 15.5 Å². The highest BCUT2D eigenvalue weighted by Crippen LogP contribution is 2.50. The maximum Gasteiger partial charge on any atom is 0.404 e. The van der Waals surface area contributed by atoms with Crippen LogP contribution in [0.2, 0.25) is 10.0 Å². The molecule has 2 unspecified atom stereocenters. The topological polar surface area (TPSA) is 116 Å². The lowest BCUT2D eigenvalue weighted by Crippen LogP contribution is -2.50. The molecule has 0 aromatic heterocycles. The number of benzene rings is 2. The van der Waals surface area contributed by atoms with Crippen LogP contribution in [0.15, 0.2) is 36.4 Å². The molecule has 0 radical (unpaired) electrons. The summed E-state index contributed by atoms with van der Waals surface area (Å²) in [5, 5.41) is 15.1. The van der Waals surface area contributed by atoms with E-state index in [1.165, 1.54) is 12.1 Å². The Morgan fingerprint density at radius 1 is 1.05 bits per heavy atom. The summed E-state index contributed by atoms with van der Waals surface area (Å²) in [5.74, 6) is -2.81. The molecular formula is C28H28Cl2FN3O5. The number of imide groups is 1. The quantitative estimate of drug-likeness (QED) is 0.307. The molecule has 8 nitrogen and oxygen atoms in total. The average molecular weight is 576 g/mol. The smallest absolute Gasteiger partial charge is 0.404 e. The van der Waals surface area contributed by atoms with Gasteiger partial charge in [0.2, 0.25) is 5.91 Å². The second-order valence-electron chi connectivity index (χ2n) is 10.9. The predicted octanol–water partition coefficient (Wildman–Crippen LogP) is 5.58. The molecule has 0 bridgehead atoms. The Balaban J connectivity index is 1.44. The van der Waals surface area contributed by atoms with Crippen LogP contribution in [0.5, 0.6) is 0 Å². The third-order valence-electron chi connectivity index (χ3n) is 8.46. The predicted molar refractivity (Wildman–Crippen MR) is 142 cm³/mol. The highest BCUT2D eigenvalue weighted by molar-refractivity contribution is 6.42. The monoisotopic (exact) mass is 575 g/mol. The number of carboxylic acid groups (broad SMARTS) is 1. The van der Waals surface area contributed by atoms with Gasteiger partial charge in [-0.3, -0.25) is 19.3 Å². The standard InChI is InChI=1S/C28H28Cl2FN3O5/c1-28(10-4-5-11-28)23(21-18(31)9-8-17(29)22(21)30)33-24(35)14-12-19(32-27(38)39)20(13-14)34-25(36)15-6-2-3-7-16(15)26(34)37/h2-3,6-9,14,19-20,23,32H,4-5,10-13H2,1H3,(H,33,35)(H,38,39)/t14?,19-,20+,23?/m1/s1. The number of hydrogen-bond donors (Lipinski definition) is 3. The Bertz CT molecular complexity index is 1330. The van der Waals surface area contributed by atoms with E-state index in [4.69, 9.17) is 23.2 Å². The first-order chi connectivity index (χ1) is 18.5. The lowest BCUT2D eigenvalue weighted by molar-refractivity contribution is -0.126. The molecule has 2 aromatic carbocycles. The average Bonchev–Trinajstić information content (AvgIpc) is 3.58. The number of nitrogens with one attached hydrogen (secondary N) is 2. The molecule has 1 heterocycles. The van der Waals surface area contributed by atoms with Gasteiger partial charge in [0.15, 0.2) is 0 Å². The van der Waals surface area contributed by atoms with E-state index in [-0.39, 0.29) is 39.6 Å².